The number of anilines is 1. The molecule has 0 aliphatic carbocycles. The van der Waals surface area contributed by atoms with Gasteiger partial charge in [-0.2, -0.15) is 8.42 Å². The molecule has 0 unspecified atom stereocenters. The van der Waals surface area contributed by atoms with Gasteiger partial charge >= 0.3 is 0 Å². The third kappa shape index (κ3) is 6.43. The number of thiazole rings is 1. The Morgan fingerprint density at radius 2 is 1.90 bits per heavy atom. The Balaban J connectivity index is 1.43. The SMILES string of the molecule is COc1cccc(C=Nc2cnc(S(=O)(=O)Nc3nc(-c4ccc(F)c(Cl)c4)c(Cc4ccccc4)s3)c(C)c2)c1O. The number of benzene rings is 3. The zero-order valence-electron chi connectivity index (χ0n) is 22.4. The average Bonchev–Trinajstić information content (AvgIpc) is 3.35. The first kappa shape index (κ1) is 29.2. The van der Waals surface area contributed by atoms with Crippen LogP contribution >= 0.6 is 22.9 Å². The number of pyridine rings is 1. The molecule has 2 N–H and O–H groups in total. The highest BCUT2D eigenvalue weighted by Gasteiger charge is 2.23. The number of hydrogen-bond acceptors (Lipinski definition) is 8. The number of nitrogens with zero attached hydrogens (tertiary/aromatic N) is 3. The predicted octanol–water partition coefficient (Wildman–Crippen LogP) is 7.16. The summed E-state index contributed by atoms with van der Waals surface area (Å²) < 4.78 is 48.3. The van der Waals surface area contributed by atoms with Crippen LogP contribution in [0.3, 0.4) is 0 Å². The van der Waals surface area contributed by atoms with Gasteiger partial charge in [-0.1, -0.05) is 48.0 Å². The van der Waals surface area contributed by atoms with E-state index in [1.165, 1.54) is 43.0 Å². The lowest BCUT2D eigenvalue weighted by atomic mass is 10.1. The molecule has 2 heterocycles. The molecule has 0 saturated carbocycles. The van der Waals surface area contributed by atoms with E-state index in [9.17, 15) is 17.9 Å². The Labute approximate surface area is 251 Å². The first-order chi connectivity index (χ1) is 20.1. The van der Waals surface area contributed by atoms with E-state index in [1.54, 1.807) is 37.3 Å². The molecule has 0 fully saturated rings. The Kier molecular flexibility index (Phi) is 8.53. The summed E-state index contributed by atoms with van der Waals surface area (Å²) in [5.41, 5.74) is 3.24. The molecule has 42 heavy (non-hydrogen) atoms. The molecule has 214 valence electrons. The van der Waals surface area contributed by atoms with Crippen molar-refractivity contribution >= 4 is 50.0 Å². The molecule has 0 bridgehead atoms. The fourth-order valence-electron chi connectivity index (χ4n) is 4.18. The molecule has 0 aliphatic heterocycles. The lowest BCUT2D eigenvalue weighted by Gasteiger charge is -2.08. The predicted molar refractivity (Wildman–Crippen MR) is 163 cm³/mol. The summed E-state index contributed by atoms with van der Waals surface area (Å²) in [5, 5.41) is 10.2. The lowest BCUT2D eigenvalue weighted by molar-refractivity contribution is 0.373. The van der Waals surface area contributed by atoms with E-state index < -0.39 is 15.8 Å². The maximum Gasteiger partial charge on any atom is 0.281 e. The van der Waals surface area contributed by atoms with Gasteiger partial charge in [0.05, 0.1) is 29.7 Å². The average molecular weight is 623 g/mol. The van der Waals surface area contributed by atoms with Gasteiger partial charge in [0.25, 0.3) is 10.0 Å². The van der Waals surface area contributed by atoms with E-state index in [0.717, 1.165) is 10.4 Å². The minimum atomic E-state index is -4.12. The molecule has 8 nitrogen and oxygen atoms in total. The molecule has 0 radical (unpaired) electrons. The second-order valence-electron chi connectivity index (χ2n) is 9.16. The van der Waals surface area contributed by atoms with Crippen molar-refractivity contribution in [3.8, 4) is 22.8 Å². The number of rotatable bonds is 9. The number of nitrogens with one attached hydrogen (secondary N) is 1. The van der Waals surface area contributed by atoms with Gasteiger partial charge < -0.3 is 9.84 Å². The van der Waals surface area contributed by atoms with E-state index in [2.05, 4.69) is 19.7 Å². The summed E-state index contributed by atoms with van der Waals surface area (Å²) in [6.07, 6.45) is 3.25. The van der Waals surface area contributed by atoms with E-state index in [0.29, 0.717) is 40.2 Å². The molecule has 5 aromatic rings. The molecule has 3 aromatic carbocycles. The van der Waals surface area contributed by atoms with Crippen LogP contribution in [-0.2, 0) is 16.4 Å². The van der Waals surface area contributed by atoms with Crippen LogP contribution in [0.5, 0.6) is 11.5 Å². The first-order valence-corrected chi connectivity index (χ1v) is 15.2. The summed E-state index contributed by atoms with van der Waals surface area (Å²) in [5.74, 6) is -0.314. The molecule has 0 atom stereocenters. The maximum atomic E-state index is 13.9. The molecular formula is C30H24ClFN4O4S2. The van der Waals surface area contributed by atoms with Crippen LogP contribution < -0.4 is 9.46 Å². The molecule has 0 amide bonds. The monoisotopic (exact) mass is 622 g/mol. The van der Waals surface area contributed by atoms with Gasteiger partial charge in [0.1, 0.15) is 5.82 Å². The number of phenolic OH excluding ortho intramolecular Hbond substituents is 1. The van der Waals surface area contributed by atoms with Gasteiger partial charge in [0.2, 0.25) is 0 Å². The Morgan fingerprint density at radius 3 is 2.62 bits per heavy atom. The van der Waals surface area contributed by atoms with Gasteiger partial charge in [-0.05, 0) is 54.4 Å². The van der Waals surface area contributed by atoms with Crippen LogP contribution in [0.25, 0.3) is 11.3 Å². The van der Waals surface area contributed by atoms with Crippen molar-refractivity contribution in [3.63, 3.8) is 0 Å². The lowest BCUT2D eigenvalue weighted by Crippen LogP contribution is -2.15. The number of halogens is 2. The van der Waals surface area contributed by atoms with Gasteiger partial charge in [-0.25, -0.2) is 14.4 Å². The smallest absolute Gasteiger partial charge is 0.281 e. The van der Waals surface area contributed by atoms with Crippen molar-refractivity contribution in [2.75, 3.05) is 11.8 Å². The fourth-order valence-corrected chi connectivity index (χ4v) is 6.77. The largest absolute Gasteiger partial charge is 0.504 e. The summed E-state index contributed by atoms with van der Waals surface area (Å²) in [7, 11) is -2.67. The number of hydrogen-bond donors (Lipinski definition) is 2. The fraction of sp³-hybridized carbons (Fsp3) is 0.100. The van der Waals surface area contributed by atoms with Gasteiger partial charge in [-0.3, -0.25) is 9.71 Å². The van der Waals surface area contributed by atoms with Crippen molar-refractivity contribution < 1.29 is 22.7 Å². The highest BCUT2D eigenvalue weighted by molar-refractivity contribution is 7.92. The third-order valence-corrected chi connectivity index (χ3v) is 8.98. The number of methoxy groups -OCH3 is 1. The van der Waals surface area contributed by atoms with Gasteiger partial charge in [0.15, 0.2) is 21.7 Å². The van der Waals surface area contributed by atoms with E-state index >= 15 is 0 Å². The first-order valence-electron chi connectivity index (χ1n) is 12.5. The van der Waals surface area contributed by atoms with Crippen LogP contribution in [-0.4, -0.2) is 36.8 Å². The van der Waals surface area contributed by atoms with Crippen LogP contribution in [0, 0.1) is 12.7 Å². The Morgan fingerprint density at radius 1 is 1.12 bits per heavy atom. The van der Waals surface area contributed by atoms with E-state index in [1.807, 2.05) is 30.3 Å². The van der Waals surface area contributed by atoms with E-state index in [4.69, 9.17) is 16.3 Å². The second kappa shape index (κ2) is 12.3. The number of aliphatic imine (C=N–C) groups is 1. The topological polar surface area (TPSA) is 114 Å². The molecule has 12 heteroatoms. The standard InChI is InChI=1S/C30H24ClFN4O4S2/c1-18-13-22(33-16-21-9-6-10-25(40-2)28(21)37)17-34-29(18)42(38,39)36-30-35-27(20-11-12-24(32)23(31)15-20)26(41-30)14-19-7-4-3-5-8-19/h3-13,15-17,37H,14H2,1-2H3,(H,35,36). The van der Waals surface area contributed by atoms with Crippen LogP contribution in [0.4, 0.5) is 15.2 Å². The molecule has 0 spiro atoms. The highest BCUT2D eigenvalue weighted by Crippen LogP contribution is 2.36. The molecule has 0 aliphatic rings. The van der Waals surface area contributed by atoms with Gasteiger partial charge in [0, 0.05) is 28.6 Å². The van der Waals surface area contributed by atoms with E-state index in [-0.39, 0.29) is 20.9 Å². The van der Waals surface area contributed by atoms with Crippen LogP contribution in [0.15, 0.2) is 89.0 Å². The quantitative estimate of drug-likeness (QED) is 0.169. The van der Waals surface area contributed by atoms with Crippen LogP contribution in [0.1, 0.15) is 21.6 Å². The Hall–Kier alpha value is -4.32. The number of para-hydroxylation sites is 1. The molecular weight excluding hydrogens is 599 g/mol. The minimum absolute atomic E-state index is 0.0579. The van der Waals surface area contributed by atoms with Gasteiger partial charge in [-0.15, -0.1) is 11.3 Å². The number of sulfonamides is 1. The third-order valence-electron chi connectivity index (χ3n) is 6.19. The number of aromatic hydroxyl groups is 1. The zero-order valence-corrected chi connectivity index (χ0v) is 24.8. The number of aryl methyl sites for hydroxylation is 1. The summed E-state index contributed by atoms with van der Waals surface area (Å²) in [4.78, 5) is 13.8. The normalized spacial score (nSPS) is 11.6. The molecule has 2 aromatic heterocycles. The minimum Gasteiger partial charge on any atom is -0.504 e. The molecule has 5 rings (SSSR count). The summed E-state index contributed by atoms with van der Waals surface area (Å²) in [6, 6.07) is 20.5. The summed E-state index contributed by atoms with van der Waals surface area (Å²) >= 11 is 7.21. The molecule has 0 saturated heterocycles. The second-order valence-corrected chi connectivity index (χ2v) is 12.2. The van der Waals surface area contributed by atoms with Crippen molar-refractivity contribution in [1.29, 1.82) is 0 Å². The van der Waals surface area contributed by atoms with Crippen molar-refractivity contribution in [2.24, 2.45) is 4.99 Å². The van der Waals surface area contributed by atoms with Crippen molar-refractivity contribution in [1.82, 2.24) is 9.97 Å². The number of phenols is 1. The van der Waals surface area contributed by atoms with Crippen LogP contribution in [0.2, 0.25) is 5.02 Å². The maximum absolute atomic E-state index is 13.9. The Bertz CT molecular complexity index is 1900. The zero-order chi connectivity index (χ0) is 29.9. The highest BCUT2D eigenvalue weighted by atomic mass is 35.5. The number of aromatic nitrogens is 2. The summed E-state index contributed by atoms with van der Waals surface area (Å²) in [6.45, 7) is 1.61. The van der Waals surface area contributed by atoms with Crippen molar-refractivity contribution in [3.05, 3.63) is 111 Å². The number of ether oxygens (including phenoxy) is 1. The van der Waals surface area contributed by atoms with Crippen molar-refractivity contribution in [2.45, 2.75) is 18.4 Å².